The maximum atomic E-state index is 5.76. The van der Waals surface area contributed by atoms with Crippen molar-refractivity contribution in [3.8, 4) is 11.6 Å². The Morgan fingerprint density at radius 1 is 1.28 bits per heavy atom. The number of ether oxygens (including phenoxy) is 1. The number of nitrogens with one attached hydrogen (secondary N) is 1. The van der Waals surface area contributed by atoms with Crippen molar-refractivity contribution in [1.82, 2.24) is 9.97 Å². The molecule has 0 fully saturated rings. The number of aryl methyl sites for hydroxylation is 1. The molecule has 3 N–H and O–H groups in total. The van der Waals surface area contributed by atoms with E-state index in [4.69, 9.17) is 10.6 Å². The van der Waals surface area contributed by atoms with E-state index < -0.39 is 0 Å². The molecule has 0 saturated heterocycles. The summed E-state index contributed by atoms with van der Waals surface area (Å²) in [5.74, 6) is 7.84. The van der Waals surface area contributed by atoms with Crippen LogP contribution in [0.3, 0.4) is 0 Å². The van der Waals surface area contributed by atoms with Gasteiger partial charge in [0, 0.05) is 3.57 Å². The van der Waals surface area contributed by atoms with Crippen LogP contribution in [0.4, 0.5) is 5.82 Å². The molecule has 0 saturated carbocycles. The smallest absolute Gasteiger partial charge is 0.227 e. The highest BCUT2D eigenvalue weighted by atomic mass is 127. The second-order valence-corrected chi connectivity index (χ2v) is 5.00. The van der Waals surface area contributed by atoms with E-state index in [0.29, 0.717) is 17.5 Å². The number of hydrogen-bond donors (Lipinski definition) is 2. The van der Waals surface area contributed by atoms with Gasteiger partial charge in [-0.15, -0.1) is 0 Å². The lowest BCUT2D eigenvalue weighted by Gasteiger charge is -2.11. The van der Waals surface area contributed by atoms with Crippen LogP contribution in [-0.2, 0) is 0 Å². The molecule has 1 aromatic heterocycles. The number of rotatable bonds is 3. The minimum atomic E-state index is 0.512. The number of benzene rings is 1. The van der Waals surface area contributed by atoms with E-state index in [0.717, 1.165) is 14.9 Å². The van der Waals surface area contributed by atoms with Gasteiger partial charge in [-0.05, 0) is 54.6 Å². The fourth-order valence-electron chi connectivity index (χ4n) is 1.48. The molecule has 0 bridgehead atoms. The van der Waals surface area contributed by atoms with Gasteiger partial charge in [-0.1, -0.05) is 6.07 Å². The van der Waals surface area contributed by atoms with Gasteiger partial charge in [-0.3, -0.25) is 0 Å². The summed E-state index contributed by atoms with van der Waals surface area (Å²) in [5.41, 5.74) is 3.32. The number of halogens is 1. The summed E-state index contributed by atoms with van der Waals surface area (Å²) in [4.78, 5) is 8.46. The van der Waals surface area contributed by atoms with E-state index in [1.165, 1.54) is 0 Å². The van der Waals surface area contributed by atoms with Crippen molar-refractivity contribution in [2.45, 2.75) is 13.8 Å². The first-order valence-electron chi connectivity index (χ1n) is 5.35. The average molecular weight is 356 g/mol. The molecule has 5 nitrogen and oxygen atoms in total. The quantitative estimate of drug-likeness (QED) is 0.503. The van der Waals surface area contributed by atoms with Crippen molar-refractivity contribution in [3.05, 3.63) is 39.2 Å². The molecule has 0 spiro atoms. The zero-order valence-electron chi connectivity index (χ0n) is 10.1. The van der Waals surface area contributed by atoms with Gasteiger partial charge < -0.3 is 10.2 Å². The number of nitrogens with two attached hydrogens (primary N) is 1. The van der Waals surface area contributed by atoms with Gasteiger partial charge in [0.05, 0.1) is 5.56 Å². The third-order valence-corrected chi connectivity index (χ3v) is 3.03. The Morgan fingerprint density at radius 2 is 2.06 bits per heavy atom. The number of aromatic nitrogens is 2. The molecular weight excluding hydrogens is 343 g/mol. The van der Waals surface area contributed by atoms with Crippen molar-refractivity contribution in [2.24, 2.45) is 5.84 Å². The van der Waals surface area contributed by atoms with E-state index in [1.807, 2.05) is 31.2 Å². The zero-order valence-corrected chi connectivity index (χ0v) is 12.2. The summed E-state index contributed by atoms with van der Waals surface area (Å²) in [7, 11) is 0. The van der Waals surface area contributed by atoms with Crippen molar-refractivity contribution in [3.63, 3.8) is 0 Å². The Bertz CT molecular complexity index is 574. The van der Waals surface area contributed by atoms with Gasteiger partial charge in [0.25, 0.3) is 0 Å². The van der Waals surface area contributed by atoms with Gasteiger partial charge in [0.2, 0.25) is 5.88 Å². The molecule has 0 amide bonds. The van der Waals surface area contributed by atoms with Crippen LogP contribution in [-0.4, -0.2) is 9.97 Å². The SMILES string of the molecule is Cc1nc(NN)c(C)c(Oc2cccc(I)c2)n1. The molecular formula is C12H13IN4O. The number of anilines is 1. The van der Waals surface area contributed by atoms with Crippen LogP contribution in [0.1, 0.15) is 11.4 Å². The second-order valence-electron chi connectivity index (χ2n) is 3.75. The van der Waals surface area contributed by atoms with Gasteiger partial charge >= 0.3 is 0 Å². The maximum absolute atomic E-state index is 5.76. The largest absolute Gasteiger partial charge is 0.439 e. The number of hydrogen-bond acceptors (Lipinski definition) is 5. The van der Waals surface area contributed by atoms with Gasteiger partial charge in [0.15, 0.2) is 0 Å². The molecule has 0 aliphatic heterocycles. The first kappa shape index (κ1) is 13.0. The van der Waals surface area contributed by atoms with Gasteiger partial charge in [-0.25, -0.2) is 10.8 Å². The lowest BCUT2D eigenvalue weighted by molar-refractivity contribution is 0.455. The van der Waals surface area contributed by atoms with E-state index in [2.05, 4.69) is 38.0 Å². The molecule has 6 heteroatoms. The van der Waals surface area contributed by atoms with Crippen LogP contribution in [0, 0.1) is 17.4 Å². The molecule has 94 valence electrons. The van der Waals surface area contributed by atoms with Crippen LogP contribution >= 0.6 is 22.6 Å². The summed E-state index contributed by atoms with van der Waals surface area (Å²) >= 11 is 2.23. The summed E-state index contributed by atoms with van der Waals surface area (Å²) in [6.45, 7) is 3.65. The summed E-state index contributed by atoms with van der Waals surface area (Å²) < 4.78 is 6.86. The Kier molecular flexibility index (Phi) is 3.97. The number of nitrogens with zero attached hydrogens (tertiary/aromatic N) is 2. The van der Waals surface area contributed by atoms with Crippen LogP contribution in [0.15, 0.2) is 24.3 Å². The van der Waals surface area contributed by atoms with E-state index >= 15 is 0 Å². The first-order chi connectivity index (χ1) is 8.60. The van der Waals surface area contributed by atoms with E-state index in [-0.39, 0.29) is 0 Å². The highest BCUT2D eigenvalue weighted by molar-refractivity contribution is 14.1. The molecule has 2 rings (SSSR count). The summed E-state index contributed by atoms with van der Waals surface area (Å²) in [6.07, 6.45) is 0. The maximum Gasteiger partial charge on any atom is 0.227 e. The first-order valence-corrected chi connectivity index (χ1v) is 6.43. The van der Waals surface area contributed by atoms with Crippen molar-refractivity contribution in [2.75, 3.05) is 5.43 Å². The molecule has 18 heavy (non-hydrogen) atoms. The monoisotopic (exact) mass is 356 g/mol. The van der Waals surface area contributed by atoms with Crippen molar-refractivity contribution >= 4 is 28.4 Å². The molecule has 1 aromatic carbocycles. The lowest BCUT2D eigenvalue weighted by Crippen LogP contribution is -2.12. The third kappa shape index (κ3) is 2.88. The number of hydrazine groups is 1. The van der Waals surface area contributed by atoms with E-state index in [1.54, 1.807) is 6.92 Å². The molecule has 2 aromatic rings. The fourth-order valence-corrected chi connectivity index (χ4v) is 2.00. The second kappa shape index (κ2) is 5.49. The Balaban J connectivity index is 2.37. The standard InChI is InChI=1S/C12H13IN4O/c1-7-11(17-14)15-8(2)16-12(7)18-10-5-3-4-9(13)6-10/h3-6H,14H2,1-2H3,(H,15,16,17). The predicted octanol–water partition coefficient (Wildman–Crippen LogP) is 2.78. The van der Waals surface area contributed by atoms with Crippen LogP contribution in [0.5, 0.6) is 11.6 Å². The molecule has 1 heterocycles. The molecule has 0 radical (unpaired) electrons. The zero-order chi connectivity index (χ0) is 13.1. The summed E-state index contributed by atoms with van der Waals surface area (Å²) in [5, 5.41) is 0. The van der Waals surface area contributed by atoms with Gasteiger partial charge in [0.1, 0.15) is 17.4 Å². The highest BCUT2D eigenvalue weighted by Crippen LogP contribution is 2.27. The Hall–Kier alpha value is -1.41. The highest BCUT2D eigenvalue weighted by Gasteiger charge is 2.10. The van der Waals surface area contributed by atoms with Crippen LogP contribution in [0.25, 0.3) is 0 Å². The topological polar surface area (TPSA) is 73.1 Å². The minimum Gasteiger partial charge on any atom is -0.439 e. The van der Waals surface area contributed by atoms with Crippen molar-refractivity contribution < 1.29 is 4.74 Å². The van der Waals surface area contributed by atoms with Crippen LogP contribution < -0.4 is 16.0 Å². The average Bonchev–Trinajstić information content (AvgIpc) is 2.33. The van der Waals surface area contributed by atoms with E-state index in [9.17, 15) is 0 Å². The molecule has 0 aliphatic carbocycles. The fraction of sp³-hybridized carbons (Fsp3) is 0.167. The summed E-state index contributed by atoms with van der Waals surface area (Å²) in [6, 6.07) is 7.75. The predicted molar refractivity (Wildman–Crippen MR) is 78.5 cm³/mol. The Morgan fingerprint density at radius 3 is 2.72 bits per heavy atom. The molecule has 0 unspecified atom stereocenters. The molecule has 0 aliphatic rings. The van der Waals surface area contributed by atoms with Gasteiger partial charge in [-0.2, -0.15) is 4.98 Å². The lowest BCUT2D eigenvalue weighted by atomic mass is 10.3. The minimum absolute atomic E-state index is 0.512. The molecule has 0 atom stereocenters. The third-order valence-electron chi connectivity index (χ3n) is 2.36. The Labute approximate surface area is 119 Å². The van der Waals surface area contributed by atoms with Crippen molar-refractivity contribution in [1.29, 1.82) is 0 Å². The van der Waals surface area contributed by atoms with Crippen LogP contribution in [0.2, 0.25) is 0 Å². The normalized spacial score (nSPS) is 10.2. The number of nitrogen functional groups attached to an aromatic ring is 1.